The van der Waals surface area contributed by atoms with Gasteiger partial charge in [0, 0.05) is 11.5 Å². The Balaban J connectivity index is 2.10. The zero-order valence-electron chi connectivity index (χ0n) is 10.7. The Morgan fingerprint density at radius 3 is 2.24 bits per heavy atom. The van der Waals surface area contributed by atoms with Crippen molar-refractivity contribution in [3.8, 4) is 0 Å². The largest absolute Gasteiger partial charge is 0.294 e. The first-order valence-corrected chi connectivity index (χ1v) is 6.89. The van der Waals surface area contributed by atoms with E-state index in [1.54, 1.807) is 0 Å². The van der Waals surface area contributed by atoms with Gasteiger partial charge in [0.15, 0.2) is 5.78 Å². The van der Waals surface area contributed by atoms with Crippen LogP contribution in [0.4, 0.5) is 0 Å². The highest BCUT2D eigenvalue weighted by Crippen LogP contribution is 2.26. The molecule has 0 amide bonds. The molecule has 1 saturated carbocycles. The Morgan fingerprint density at radius 2 is 1.59 bits per heavy atom. The quantitative estimate of drug-likeness (QED) is 0.682. The maximum absolute atomic E-state index is 12.5. The molecule has 0 heterocycles. The third-order valence-electron chi connectivity index (χ3n) is 3.89. The van der Waals surface area contributed by atoms with Crippen LogP contribution in [-0.4, -0.2) is 5.78 Å². The monoisotopic (exact) mass is 230 g/mol. The average Bonchev–Trinajstić information content (AvgIpc) is 2.28. The predicted octanol–water partition coefficient (Wildman–Crippen LogP) is 4.54. The number of benzene rings is 1. The molecule has 0 N–H and O–H groups in total. The lowest BCUT2D eigenvalue weighted by molar-refractivity contribution is 0.0897. The third kappa shape index (κ3) is 3.18. The second-order valence-corrected chi connectivity index (χ2v) is 5.22. The molecular formula is C16H22O. The molecular weight excluding hydrogens is 208 g/mol. The van der Waals surface area contributed by atoms with Gasteiger partial charge < -0.3 is 0 Å². The molecule has 92 valence electrons. The molecule has 1 aromatic rings. The molecule has 1 heteroatoms. The molecule has 0 unspecified atom stereocenters. The topological polar surface area (TPSA) is 17.1 Å². The molecule has 1 fully saturated rings. The summed E-state index contributed by atoms with van der Waals surface area (Å²) in [6, 6.07) is 8.00. The van der Waals surface area contributed by atoms with Crippen molar-refractivity contribution in [2.24, 2.45) is 5.92 Å². The van der Waals surface area contributed by atoms with Crippen LogP contribution in [0.1, 0.15) is 60.9 Å². The molecule has 1 nitrogen and oxygen atoms in total. The Kier molecular flexibility index (Phi) is 4.36. The Hall–Kier alpha value is -1.11. The first-order valence-electron chi connectivity index (χ1n) is 6.89. The SMILES string of the molecule is Cc1ccccc1C(=O)C1CCCCCCC1. The zero-order chi connectivity index (χ0) is 12.1. The molecule has 0 spiro atoms. The van der Waals surface area contributed by atoms with E-state index in [-0.39, 0.29) is 5.92 Å². The van der Waals surface area contributed by atoms with E-state index in [1.807, 2.05) is 31.2 Å². The maximum atomic E-state index is 12.5. The van der Waals surface area contributed by atoms with Gasteiger partial charge in [-0.3, -0.25) is 4.79 Å². The van der Waals surface area contributed by atoms with Gasteiger partial charge in [-0.15, -0.1) is 0 Å². The highest BCUT2D eigenvalue weighted by atomic mass is 16.1. The van der Waals surface area contributed by atoms with E-state index in [0.717, 1.165) is 24.0 Å². The van der Waals surface area contributed by atoms with Crippen LogP contribution < -0.4 is 0 Å². The van der Waals surface area contributed by atoms with Crippen molar-refractivity contribution in [1.29, 1.82) is 0 Å². The molecule has 2 rings (SSSR count). The Morgan fingerprint density at radius 1 is 1.00 bits per heavy atom. The zero-order valence-corrected chi connectivity index (χ0v) is 10.7. The molecule has 0 bridgehead atoms. The standard InChI is InChI=1S/C16H22O/c1-13-9-7-8-12-15(13)16(17)14-10-5-3-2-4-6-11-14/h7-9,12,14H,2-6,10-11H2,1H3. The fraction of sp³-hybridized carbons (Fsp3) is 0.562. The third-order valence-corrected chi connectivity index (χ3v) is 3.89. The molecule has 0 atom stereocenters. The van der Waals surface area contributed by atoms with Gasteiger partial charge in [-0.2, -0.15) is 0 Å². The molecule has 1 aromatic carbocycles. The number of carbonyl (C=O) groups excluding carboxylic acids is 1. The van der Waals surface area contributed by atoms with E-state index in [0.29, 0.717) is 5.78 Å². The molecule has 0 aliphatic heterocycles. The van der Waals surface area contributed by atoms with Gasteiger partial charge >= 0.3 is 0 Å². The van der Waals surface area contributed by atoms with Crippen molar-refractivity contribution in [3.05, 3.63) is 35.4 Å². The summed E-state index contributed by atoms with van der Waals surface area (Å²) in [5, 5.41) is 0. The molecule has 0 radical (unpaired) electrons. The van der Waals surface area contributed by atoms with Crippen molar-refractivity contribution in [2.75, 3.05) is 0 Å². The molecule has 17 heavy (non-hydrogen) atoms. The summed E-state index contributed by atoms with van der Waals surface area (Å²) < 4.78 is 0. The van der Waals surface area contributed by atoms with Gasteiger partial charge in [0.25, 0.3) is 0 Å². The van der Waals surface area contributed by atoms with Crippen LogP contribution in [0.3, 0.4) is 0 Å². The molecule has 1 aliphatic carbocycles. The normalized spacial score (nSPS) is 18.4. The van der Waals surface area contributed by atoms with Crippen LogP contribution >= 0.6 is 0 Å². The maximum Gasteiger partial charge on any atom is 0.166 e. The average molecular weight is 230 g/mol. The van der Waals surface area contributed by atoms with Gasteiger partial charge in [0.05, 0.1) is 0 Å². The highest BCUT2D eigenvalue weighted by molar-refractivity contribution is 5.99. The van der Waals surface area contributed by atoms with E-state index < -0.39 is 0 Å². The Bertz CT molecular complexity index is 373. The first-order chi connectivity index (χ1) is 8.29. The number of ketones is 1. The Labute approximate surface area is 104 Å². The second-order valence-electron chi connectivity index (χ2n) is 5.22. The van der Waals surface area contributed by atoms with E-state index >= 15 is 0 Å². The summed E-state index contributed by atoms with van der Waals surface area (Å²) in [5.74, 6) is 0.654. The number of carbonyl (C=O) groups is 1. The van der Waals surface area contributed by atoms with Crippen molar-refractivity contribution in [1.82, 2.24) is 0 Å². The summed E-state index contributed by atoms with van der Waals surface area (Å²) in [5.41, 5.74) is 2.07. The summed E-state index contributed by atoms with van der Waals surface area (Å²) in [6.45, 7) is 2.04. The van der Waals surface area contributed by atoms with E-state index in [4.69, 9.17) is 0 Å². The van der Waals surface area contributed by atoms with Gasteiger partial charge in [-0.1, -0.05) is 56.4 Å². The van der Waals surface area contributed by atoms with Crippen LogP contribution in [0.25, 0.3) is 0 Å². The van der Waals surface area contributed by atoms with Crippen molar-refractivity contribution in [3.63, 3.8) is 0 Å². The van der Waals surface area contributed by atoms with E-state index in [1.165, 1.54) is 32.1 Å². The summed E-state index contributed by atoms with van der Waals surface area (Å²) >= 11 is 0. The van der Waals surface area contributed by atoms with Gasteiger partial charge in [0.2, 0.25) is 0 Å². The highest BCUT2D eigenvalue weighted by Gasteiger charge is 2.21. The summed E-state index contributed by atoms with van der Waals surface area (Å²) in [6.07, 6.45) is 8.59. The van der Waals surface area contributed by atoms with Crippen LogP contribution in [0, 0.1) is 12.8 Å². The number of hydrogen-bond donors (Lipinski definition) is 0. The van der Waals surface area contributed by atoms with Crippen molar-refractivity contribution < 1.29 is 4.79 Å². The lowest BCUT2D eigenvalue weighted by Crippen LogP contribution is -2.17. The van der Waals surface area contributed by atoms with Crippen LogP contribution in [0.5, 0.6) is 0 Å². The fourth-order valence-corrected chi connectivity index (χ4v) is 2.79. The smallest absolute Gasteiger partial charge is 0.166 e. The summed E-state index contributed by atoms with van der Waals surface area (Å²) in [4.78, 5) is 12.5. The minimum atomic E-state index is 0.274. The van der Waals surface area contributed by atoms with E-state index in [2.05, 4.69) is 0 Å². The summed E-state index contributed by atoms with van der Waals surface area (Å²) in [7, 11) is 0. The van der Waals surface area contributed by atoms with Gasteiger partial charge in [0.1, 0.15) is 0 Å². The number of hydrogen-bond acceptors (Lipinski definition) is 1. The van der Waals surface area contributed by atoms with Crippen LogP contribution in [-0.2, 0) is 0 Å². The number of rotatable bonds is 2. The number of aryl methyl sites for hydroxylation is 1. The van der Waals surface area contributed by atoms with Crippen molar-refractivity contribution >= 4 is 5.78 Å². The van der Waals surface area contributed by atoms with Crippen molar-refractivity contribution in [2.45, 2.75) is 51.9 Å². The number of Topliss-reactive ketones (excluding diaryl/α,β-unsaturated/α-hetero) is 1. The molecule has 1 aliphatic rings. The van der Waals surface area contributed by atoms with E-state index in [9.17, 15) is 4.79 Å². The predicted molar refractivity (Wildman–Crippen MR) is 71.3 cm³/mol. The molecule has 0 aromatic heterocycles. The lowest BCUT2D eigenvalue weighted by atomic mass is 9.84. The first kappa shape index (κ1) is 12.3. The van der Waals surface area contributed by atoms with Crippen LogP contribution in [0.15, 0.2) is 24.3 Å². The minimum Gasteiger partial charge on any atom is -0.294 e. The second kappa shape index (κ2) is 6.00. The fourth-order valence-electron chi connectivity index (χ4n) is 2.79. The van der Waals surface area contributed by atoms with Gasteiger partial charge in [-0.05, 0) is 25.3 Å². The van der Waals surface area contributed by atoms with Crippen LogP contribution in [0.2, 0.25) is 0 Å². The lowest BCUT2D eigenvalue weighted by Gasteiger charge is -2.19. The minimum absolute atomic E-state index is 0.274. The molecule has 0 saturated heterocycles. The van der Waals surface area contributed by atoms with Gasteiger partial charge in [-0.25, -0.2) is 0 Å².